The molecule has 1 aromatic carbocycles. The molecule has 1 rings (SSSR count). The summed E-state index contributed by atoms with van der Waals surface area (Å²) in [4.78, 5) is 23.9. The Labute approximate surface area is 137 Å². The van der Waals surface area contributed by atoms with Crippen molar-refractivity contribution in [2.24, 2.45) is 5.92 Å². The van der Waals surface area contributed by atoms with E-state index >= 15 is 0 Å². The van der Waals surface area contributed by atoms with Crippen molar-refractivity contribution < 1.29 is 19.1 Å². The number of methoxy groups -OCH3 is 1. The maximum absolute atomic E-state index is 12.0. The third kappa shape index (κ3) is 7.00. The summed E-state index contributed by atoms with van der Waals surface area (Å²) < 4.78 is 10.6. The average Bonchev–Trinajstić information content (AvgIpc) is 2.43. The molecule has 0 aliphatic heterocycles. The molecule has 0 spiro atoms. The van der Waals surface area contributed by atoms with Crippen molar-refractivity contribution in [2.75, 3.05) is 19.5 Å². The Morgan fingerprint density at radius 1 is 1.29 bits per heavy atom. The zero-order valence-electron chi connectivity index (χ0n) is 12.3. The first kappa shape index (κ1) is 18.0. The van der Waals surface area contributed by atoms with Crippen molar-refractivity contribution in [1.29, 1.82) is 0 Å². The Bertz CT molecular complexity index is 502. The molecular formula is C15H19BrO4S. The largest absolute Gasteiger partial charge is 0.469 e. The maximum atomic E-state index is 12.0. The molecule has 0 aliphatic carbocycles. The smallest absolute Gasteiger partial charge is 0.338 e. The van der Waals surface area contributed by atoms with Crippen LogP contribution in [0.3, 0.4) is 0 Å². The molecule has 0 aliphatic rings. The fraction of sp³-hybridized carbons (Fsp3) is 0.467. The van der Waals surface area contributed by atoms with Crippen molar-refractivity contribution in [3.63, 3.8) is 0 Å². The van der Waals surface area contributed by atoms with Crippen LogP contribution in [0.1, 0.15) is 30.6 Å². The van der Waals surface area contributed by atoms with Crippen LogP contribution in [0.25, 0.3) is 0 Å². The number of benzene rings is 1. The summed E-state index contributed by atoms with van der Waals surface area (Å²) in [5, 5.41) is 0. The lowest BCUT2D eigenvalue weighted by Crippen LogP contribution is -2.10. The van der Waals surface area contributed by atoms with Gasteiger partial charge in [-0.25, -0.2) is 4.79 Å². The second-order valence-electron chi connectivity index (χ2n) is 4.84. The van der Waals surface area contributed by atoms with Gasteiger partial charge in [0.05, 0.1) is 25.7 Å². The van der Waals surface area contributed by atoms with E-state index in [9.17, 15) is 9.59 Å². The molecule has 0 amide bonds. The molecule has 0 N–H and O–H groups in total. The fourth-order valence-corrected chi connectivity index (χ4v) is 3.01. The summed E-state index contributed by atoms with van der Waals surface area (Å²) in [6, 6.07) is 5.41. The SMILES string of the molecule is COC(=O)CCSc1cc(Br)cc(C(=O)OCC(C)C)c1. The Hall–Kier alpha value is -1.01. The number of hydrogen-bond acceptors (Lipinski definition) is 5. The van der Waals surface area contributed by atoms with Crippen LogP contribution >= 0.6 is 27.7 Å². The van der Waals surface area contributed by atoms with Gasteiger partial charge < -0.3 is 9.47 Å². The average molecular weight is 375 g/mol. The highest BCUT2D eigenvalue weighted by Gasteiger charge is 2.11. The summed E-state index contributed by atoms with van der Waals surface area (Å²) in [5.41, 5.74) is 0.505. The van der Waals surface area contributed by atoms with Gasteiger partial charge in [-0.2, -0.15) is 0 Å². The van der Waals surface area contributed by atoms with Gasteiger partial charge >= 0.3 is 11.9 Å². The highest BCUT2D eigenvalue weighted by Crippen LogP contribution is 2.25. The van der Waals surface area contributed by atoms with Gasteiger partial charge in [-0.1, -0.05) is 29.8 Å². The van der Waals surface area contributed by atoms with Crippen molar-refractivity contribution in [3.05, 3.63) is 28.2 Å². The monoisotopic (exact) mass is 374 g/mol. The van der Waals surface area contributed by atoms with Crippen LogP contribution < -0.4 is 0 Å². The Morgan fingerprint density at radius 3 is 2.62 bits per heavy atom. The quantitative estimate of drug-likeness (QED) is 0.534. The van der Waals surface area contributed by atoms with Crippen LogP contribution in [0.4, 0.5) is 0 Å². The van der Waals surface area contributed by atoms with Crippen LogP contribution in [0.15, 0.2) is 27.6 Å². The Morgan fingerprint density at radius 2 is 2.00 bits per heavy atom. The molecule has 0 atom stereocenters. The predicted molar refractivity (Wildman–Crippen MR) is 86.6 cm³/mol. The number of carbonyl (C=O) groups excluding carboxylic acids is 2. The van der Waals surface area contributed by atoms with Crippen LogP contribution in [0.2, 0.25) is 0 Å². The molecule has 0 unspecified atom stereocenters. The summed E-state index contributed by atoms with van der Waals surface area (Å²) in [7, 11) is 1.37. The Balaban J connectivity index is 2.66. The molecule has 6 heteroatoms. The van der Waals surface area contributed by atoms with Gasteiger partial charge in [0.1, 0.15) is 0 Å². The lowest BCUT2D eigenvalue weighted by Gasteiger charge is -2.09. The van der Waals surface area contributed by atoms with E-state index in [0.717, 1.165) is 9.37 Å². The molecule has 21 heavy (non-hydrogen) atoms. The summed E-state index contributed by atoms with van der Waals surface area (Å²) in [6.45, 7) is 4.38. The van der Waals surface area contributed by atoms with Crippen LogP contribution in [-0.4, -0.2) is 31.4 Å². The normalized spacial score (nSPS) is 10.5. The molecular weight excluding hydrogens is 356 g/mol. The fourth-order valence-electron chi connectivity index (χ4n) is 1.44. The van der Waals surface area contributed by atoms with E-state index < -0.39 is 0 Å². The summed E-state index contributed by atoms with van der Waals surface area (Å²) in [6.07, 6.45) is 0.334. The number of ether oxygens (including phenoxy) is 2. The minimum absolute atomic E-state index is 0.242. The third-order valence-electron chi connectivity index (χ3n) is 2.46. The van der Waals surface area contributed by atoms with E-state index in [-0.39, 0.29) is 11.9 Å². The van der Waals surface area contributed by atoms with Gasteiger partial charge in [-0.3, -0.25) is 4.79 Å². The first-order valence-electron chi connectivity index (χ1n) is 6.59. The molecule has 0 radical (unpaired) electrons. The molecule has 0 saturated heterocycles. The van der Waals surface area contributed by atoms with Crippen LogP contribution in [-0.2, 0) is 14.3 Å². The predicted octanol–water partition coefficient (Wildman–Crippen LogP) is 3.92. The minimum atomic E-state index is -0.334. The van der Waals surface area contributed by atoms with Crippen molar-refractivity contribution >= 4 is 39.6 Å². The standard InChI is InChI=1S/C15H19BrO4S/c1-10(2)9-20-15(18)11-6-12(16)8-13(7-11)21-5-4-14(17)19-3/h6-8,10H,4-5,9H2,1-3H3. The molecule has 0 fully saturated rings. The summed E-state index contributed by atoms with van der Waals surface area (Å²) >= 11 is 4.88. The van der Waals surface area contributed by atoms with Gasteiger partial charge in [0.2, 0.25) is 0 Å². The molecule has 4 nitrogen and oxygen atoms in total. The minimum Gasteiger partial charge on any atom is -0.469 e. The third-order valence-corrected chi connectivity index (χ3v) is 3.89. The molecule has 0 aromatic heterocycles. The number of esters is 2. The highest BCUT2D eigenvalue weighted by molar-refractivity contribution is 9.10. The first-order chi connectivity index (χ1) is 9.92. The zero-order valence-corrected chi connectivity index (χ0v) is 14.8. The lowest BCUT2D eigenvalue weighted by atomic mass is 10.2. The molecule has 0 saturated carbocycles. The number of thioether (sulfide) groups is 1. The van der Waals surface area contributed by atoms with Crippen molar-refractivity contribution in [1.82, 2.24) is 0 Å². The highest BCUT2D eigenvalue weighted by atomic mass is 79.9. The lowest BCUT2D eigenvalue weighted by molar-refractivity contribution is -0.140. The van der Waals surface area contributed by atoms with Crippen molar-refractivity contribution in [2.45, 2.75) is 25.2 Å². The van der Waals surface area contributed by atoms with Gasteiger partial charge in [-0.05, 0) is 24.1 Å². The molecule has 0 bridgehead atoms. The van der Waals surface area contributed by atoms with Crippen LogP contribution in [0, 0.1) is 5.92 Å². The zero-order chi connectivity index (χ0) is 15.8. The van der Waals surface area contributed by atoms with E-state index in [2.05, 4.69) is 20.7 Å². The first-order valence-corrected chi connectivity index (χ1v) is 8.37. The summed E-state index contributed by atoms with van der Waals surface area (Å²) in [5.74, 6) is 0.327. The van der Waals surface area contributed by atoms with E-state index in [4.69, 9.17) is 4.74 Å². The second-order valence-corrected chi connectivity index (χ2v) is 6.93. The van der Waals surface area contributed by atoms with Gasteiger partial charge in [0.25, 0.3) is 0 Å². The molecule has 0 heterocycles. The van der Waals surface area contributed by atoms with Crippen LogP contribution in [0.5, 0.6) is 0 Å². The molecule has 1 aromatic rings. The van der Waals surface area contributed by atoms with E-state index in [1.54, 1.807) is 12.1 Å². The maximum Gasteiger partial charge on any atom is 0.338 e. The Kier molecular flexibility index (Phi) is 7.82. The number of carbonyl (C=O) groups is 2. The van der Waals surface area contributed by atoms with E-state index in [1.807, 2.05) is 19.9 Å². The van der Waals surface area contributed by atoms with E-state index in [0.29, 0.717) is 30.3 Å². The topological polar surface area (TPSA) is 52.6 Å². The van der Waals surface area contributed by atoms with Gasteiger partial charge in [0.15, 0.2) is 0 Å². The van der Waals surface area contributed by atoms with Gasteiger partial charge in [-0.15, -0.1) is 11.8 Å². The number of hydrogen-bond donors (Lipinski definition) is 0. The molecule has 116 valence electrons. The number of halogens is 1. The van der Waals surface area contributed by atoms with Crippen molar-refractivity contribution in [3.8, 4) is 0 Å². The van der Waals surface area contributed by atoms with E-state index in [1.165, 1.54) is 18.9 Å². The van der Waals surface area contributed by atoms with Gasteiger partial charge in [0, 0.05) is 15.1 Å². The number of rotatable bonds is 7. The second kappa shape index (κ2) is 9.10.